The van der Waals surface area contributed by atoms with E-state index in [2.05, 4.69) is 15.6 Å². The van der Waals surface area contributed by atoms with Gasteiger partial charge in [-0.1, -0.05) is 77.5 Å². The Morgan fingerprint density at radius 3 is 2.46 bits per heavy atom. The van der Waals surface area contributed by atoms with Crippen LogP contribution in [0.5, 0.6) is 0 Å². The summed E-state index contributed by atoms with van der Waals surface area (Å²) in [6.45, 7) is 0.578. The van der Waals surface area contributed by atoms with E-state index in [1.807, 2.05) is 78.9 Å². The molecule has 2 heterocycles. The third kappa shape index (κ3) is 2.86. The SMILES string of the molecule is Clc1ccccc1CNc1nc2c(-c3ccccc3)nnn2c2ccccc12. The summed E-state index contributed by atoms with van der Waals surface area (Å²) in [7, 11) is 0. The molecule has 0 spiro atoms. The zero-order chi connectivity index (χ0) is 18.9. The third-order valence-electron chi connectivity index (χ3n) is 4.70. The molecule has 0 amide bonds. The van der Waals surface area contributed by atoms with E-state index >= 15 is 0 Å². The van der Waals surface area contributed by atoms with Gasteiger partial charge in [0.25, 0.3) is 0 Å². The molecule has 0 aliphatic carbocycles. The van der Waals surface area contributed by atoms with Gasteiger partial charge in [0.05, 0.1) is 5.52 Å². The van der Waals surface area contributed by atoms with Crippen molar-refractivity contribution >= 4 is 34.0 Å². The van der Waals surface area contributed by atoms with Gasteiger partial charge in [-0.2, -0.15) is 4.52 Å². The van der Waals surface area contributed by atoms with Gasteiger partial charge in [0, 0.05) is 22.5 Å². The second kappa shape index (κ2) is 6.94. The Bertz CT molecular complexity index is 1280. The number of benzene rings is 3. The van der Waals surface area contributed by atoms with Crippen LogP contribution in [0.4, 0.5) is 5.82 Å². The minimum atomic E-state index is 0.578. The van der Waals surface area contributed by atoms with Crippen molar-refractivity contribution in [1.29, 1.82) is 0 Å². The molecule has 0 saturated carbocycles. The first kappa shape index (κ1) is 16.7. The summed E-state index contributed by atoms with van der Waals surface area (Å²) < 4.78 is 1.79. The van der Waals surface area contributed by atoms with Gasteiger partial charge in [0.2, 0.25) is 0 Å². The minimum Gasteiger partial charge on any atom is -0.365 e. The van der Waals surface area contributed by atoms with E-state index < -0.39 is 0 Å². The van der Waals surface area contributed by atoms with Crippen LogP contribution in [0, 0.1) is 0 Å². The fourth-order valence-corrected chi connectivity index (χ4v) is 3.50. The fourth-order valence-electron chi connectivity index (χ4n) is 3.30. The molecule has 5 rings (SSSR count). The van der Waals surface area contributed by atoms with Gasteiger partial charge in [0.15, 0.2) is 5.65 Å². The summed E-state index contributed by atoms with van der Waals surface area (Å²) in [5.41, 5.74) is 4.42. The largest absolute Gasteiger partial charge is 0.365 e. The highest BCUT2D eigenvalue weighted by molar-refractivity contribution is 6.31. The zero-order valence-corrected chi connectivity index (χ0v) is 15.6. The summed E-state index contributed by atoms with van der Waals surface area (Å²) >= 11 is 6.31. The molecule has 2 aromatic heterocycles. The van der Waals surface area contributed by atoms with Crippen molar-refractivity contribution in [2.24, 2.45) is 0 Å². The van der Waals surface area contributed by atoms with Crippen LogP contribution in [0.25, 0.3) is 27.8 Å². The van der Waals surface area contributed by atoms with E-state index in [0.29, 0.717) is 12.2 Å². The van der Waals surface area contributed by atoms with Crippen molar-refractivity contribution in [3.05, 3.63) is 89.4 Å². The minimum absolute atomic E-state index is 0.578. The van der Waals surface area contributed by atoms with Crippen molar-refractivity contribution in [3.63, 3.8) is 0 Å². The number of para-hydroxylation sites is 1. The molecule has 1 N–H and O–H groups in total. The standard InChI is InChI=1S/C22H16ClN5/c23-18-12-6-4-10-16(18)14-24-21-17-11-5-7-13-19(17)28-22(25-21)20(26-27-28)15-8-2-1-3-9-15/h1-13H,14H2,(H,24,25). The van der Waals surface area contributed by atoms with Crippen molar-refractivity contribution in [2.75, 3.05) is 5.32 Å². The smallest absolute Gasteiger partial charge is 0.186 e. The van der Waals surface area contributed by atoms with Crippen LogP contribution in [0.3, 0.4) is 0 Å². The molecule has 5 aromatic rings. The molecule has 0 unspecified atom stereocenters. The van der Waals surface area contributed by atoms with Gasteiger partial charge in [-0.3, -0.25) is 0 Å². The lowest BCUT2D eigenvalue weighted by molar-refractivity contribution is 0.876. The first-order chi connectivity index (χ1) is 13.8. The van der Waals surface area contributed by atoms with Crippen LogP contribution in [0.15, 0.2) is 78.9 Å². The molecule has 0 saturated heterocycles. The number of nitrogens with zero attached hydrogens (tertiary/aromatic N) is 4. The molecule has 0 atom stereocenters. The van der Waals surface area contributed by atoms with Gasteiger partial charge in [-0.15, -0.1) is 5.10 Å². The average molecular weight is 386 g/mol. The summed E-state index contributed by atoms with van der Waals surface area (Å²) in [6, 6.07) is 25.8. The van der Waals surface area contributed by atoms with E-state index in [1.165, 1.54) is 0 Å². The van der Waals surface area contributed by atoms with E-state index in [4.69, 9.17) is 16.6 Å². The Morgan fingerprint density at radius 2 is 1.61 bits per heavy atom. The second-order valence-corrected chi connectivity index (χ2v) is 6.87. The van der Waals surface area contributed by atoms with Crippen molar-refractivity contribution < 1.29 is 0 Å². The molecule has 5 nitrogen and oxygen atoms in total. The predicted octanol–water partition coefficient (Wildman–Crippen LogP) is 5.21. The molecule has 0 fully saturated rings. The van der Waals surface area contributed by atoms with Crippen LogP contribution >= 0.6 is 11.6 Å². The molecule has 3 aromatic carbocycles. The number of rotatable bonds is 4. The van der Waals surface area contributed by atoms with Crippen LogP contribution < -0.4 is 5.32 Å². The second-order valence-electron chi connectivity index (χ2n) is 6.46. The summed E-state index contributed by atoms with van der Waals surface area (Å²) in [5.74, 6) is 0.780. The van der Waals surface area contributed by atoms with Crippen LogP contribution in [0.2, 0.25) is 5.02 Å². The van der Waals surface area contributed by atoms with Crippen LogP contribution in [-0.2, 0) is 6.54 Å². The Balaban J connectivity index is 1.66. The average Bonchev–Trinajstić information content (AvgIpc) is 3.18. The maximum absolute atomic E-state index is 6.31. The lowest BCUT2D eigenvalue weighted by atomic mass is 10.1. The van der Waals surface area contributed by atoms with Crippen molar-refractivity contribution in [1.82, 2.24) is 19.8 Å². The Morgan fingerprint density at radius 1 is 0.857 bits per heavy atom. The van der Waals surface area contributed by atoms with Gasteiger partial charge in [-0.25, -0.2) is 4.98 Å². The molecule has 136 valence electrons. The number of aromatic nitrogens is 4. The zero-order valence-electron chi connectivity index (χ0n) is 14.9. The van der Waals surface area contributed by atoms with Crippen molar-refractivity contribution in [3.8, 4) is 11.3 Å². The molecule has 6 heteroatoms. The Hall–Kier alpha value is -3.44. The van der Waals surface area contributed by atoms with Crippen LogP contribution in [0.1, 0.15) is 5.56 Å². The third-order valence-corrected chi connectivity index (χ3v) is 5.07. The number of fused-ring (bicyclic) bond motifs is 3. The lowest BCUT2D eigenvalue weighted by Gasteiger charge is -2.11. The molecular weight excluding hydrogens is 370 g/mol. The van der Waals surface area contributed by atoms with Gasteiger partial charge < -0.3 is 5.32 Å². The highest BCUT2D eigenvalue weighted by Crippen LogP contribution is 2.28. The molecular formula is C22H16ClN5. The lowest BCUT2D eigenvalue weighted by Crippen LogP contribution is -2.05. The highest BCUT2D eigenvalue weighted by atomic mass is 35.5. The highest BCUT2D eigenvalue weighted by Gasteiger charge is 2.15. The first-order valence-corrected chi connectivity index (χ1v) is 9.36. The first-order valence-electron chi connectivity index (χ1n) is 8.98. The Kier molecular flexibility index (Phi) is 4.14. The topological polar surface area (TPSA) is 55.1 Å². The molecule has 28 heavy (non-hydrogen) atoms. The summed E-state index contributed by atoms with van der Waals surface area (Å²) in [4.78, 5) is 4.87. The maximum atomic E-state index is 6.31. The van der Waals surface area contributed by atoms with Crippen LogP contribution in [-0.4, -0.2) is 19.8 Å². The van der Waals surface area contributed by atoms with E-state index in [1.54, 1.807) is 4.52 Å². The number of nitrogens with one attached hydrogen (secondary N) is 1. The van der Waals surface area contributed by atoms with Gasteiger partial charge in [0.1, 0.15) is 11.5 Å². The van der Waals surface area contributed by atoms with E-state index in [9.17, 15) is 0 Å². The molecule has 0 bridgehead atoms. The Labute approximate surface area is 166 Å². The monoisotopic (exact) mass is 385 g/mol. The van der Waals surface area contributed by atoms with Gasteiger partial charge in [-0.05, 0) is 23.8 Å². The summed E-state index contributed by atoms with van der Waals surface area (Å²) in [5, 5.41) is 13.9. The normalized spacial score (nSPS) is 11.2. The number of halogens is 1. The van der Waals surface area contributed by atoms with E-state index in [-0.39, 0.29) is 0 Å². The molecule has 0 aliphatic rings. The maximum Gasteiger partial charge on any atom is 0.186 e. The van der Waals surface area contributed by atoms with Crippen molar-refractivity contribution in [2.45, 2.75) is 6.54 Å². The molecule has 0 radical (unpaired) electrons. The number of hydrogen-bond donors (Lipinski definition) is 1. The predicted molar refractivity (Wildman–Crippen MR) is 113 cm³/mol. The fraction of sp³-hybridized carbons (Fsp3) is 0.0455. The van der Waals surface area contributed by atoms with E-state index in [0.717, 1.165) is 38.6 Å². The summed E-state index contributed by atoms with van der Waals surface area (Å²) in [6.07, 6.45) is 0. The number of anilines is 1. The van der Waals surface area contributed by atoms with Gasteiger partial charge >= 0.3 is 0 Å². The molecule has 0 aliphatic heterocycles. The quantitative estimate of drug-likeness (QED) is 0.461. The number of hydrogen-bond acceptors (Lipinski definition) is 4.